The first kappa shape index (κ1) is 15.8. The zero-order valence-electron chi connectivity index (χ0n) is 11.1. The third-order valence-electron chi connectivity index (χ3n) is 3.31. The molecular formula is C12H17NO4S3. The molecule has 1 aromatic rings. The van der Waals surface area contributed by atoms with Crippen molar-refractivity contribution in [2.45, 2.75) is 46.9 Å². The molecule has 1 aliphatic rings. The van der Waals surface area contributed by atoms with Gasteiger partial charge in [-0.1, -0.05) is 18.2 Å². The molecule has 2 unspecified atom stereocenters. The first-order chi connectivity index (χ1) is 9.34. The molecule has 0 radical (unpaired) electrons. The Bertz CT molecular complexity index is 581. The topological polar surface area (TPSA) is 84.3 Å². The number of carboxylic acid groups (broad SMARTS) is 1. The lowest BCUT2D eigenvalue weighted by molar-refractivity contribution is -0.136. The molecule has 0 amide bonds. The number of carboxylic acids is 1. The fraction of sp³-hybridized carbons (Fsp3) is 0.667. The monoisotopic (exact) mass is 335 g/mol. The molecular weight excluding hydrogens is 318 g/mol. The van der Waals surface area contributed by atoms with Crippen molar-refractivity contribution in [2.24, 2.45) is 0 Å². The van der Waals surface area contributed by atoms with Crippen LogP contribution in [0.5, 0.6) is 0 Å². The normalized spacial score (nSPS) is 23.6. The van der Waals surface area contributed by atoms with E-state index < -0.39 is 15.8 Å². The van der Waals surface area contributed by atoms with Crippen LogP contribution < -0.4 is 0 Å². The van der Waals surface area contributed by atoms with Gasteiger partial charge in [0.15, 0.2) is 0 Å². The number of aromatic nitrogens is 1. The van der Waals surface area contributed by atoms with Crippen molar-refractivity contribution < 1.29 is 18.3 Å². The molecule has 1 heterocycles. The molecule has 0 saturated heterocycles. The summed E-state index contributed by atoms with van der Waals surface area (Å²) in [6.45, 7) is 0. The van der Waals surface area contributed by atoms with Gasteiger partial charge in [0.05, 0.1) is 17.4 Å². The Hall–Kier alpha value is -0.600. The van der Waals surface area contributed by atoms with Crippen molar-refractivity contribution in [1.29, 1.82) is 0 Å². The SMILES string of the molecule is CS(=O)(=O)C1CCCC(Sc2nc(CC(=O)O)cs2)C1. The summed E-state index contributed by atoms with van der Waals surface area (Å²) in [5.41, 5.74) is 0.570. The highest BCUT2D eigenvalue weighted by atomic mass is 32.2. The second kappa shape index (κ2) is 6.44. The summed E-state index contributed by atoms with van der Waals surface area (Å²) in [6.07, 6.45) is 4.56. The van der Waals surface area contributed by atoms with Crippen molar-refractivity contribution in [3.63, 3.8) is 0 Å². The third kappa shape index (κ3) is 4.46. The van der Waals surface area contributed by atoms with Crippen LogP contribution in [0.2, 0.25) is 0 Å². The minimum atomic E-state index is -2.97. The lowest BCUT2D eigenvalue weighted by Gasteiger charge is -2.26. The Labute approximate surface area is 126 Å². The van der Waals surface area contributed by atoms with Crippen LogP contribution in [-0.2, 0) is 21.1 Å². The van der Waals surface area contributed by atoms with E-state index in [-0.39, 0.29) is 16.9 Å². The van der Waals surface area contributed by atoms with E-state index in [1.165, 1.54) is 17.6 Å². The summed E-state index contributed by atoms with van der Waals surface area (Å²) < 4.78 is 24.1. The maximum Gasteiger partial charge on any atom is 0.309 e. The van der Waals surface area contributed by atoms with Gasteiger partial charge in [-0.05, 0) is 19.3 Å². The zero-order valence-corrected chi connectivity index (χ0v) is 13.6. The number of nitrogens with zero attached hydrogens (tertiary/aromatic N) is 1. The van der Waals surface area contributed by atoms with Crippen molar-refractivity contribution in [1.82, 2.24) is 4.98 Å². The second-order valence-electron chi connectivity index (χ2n) is 5.03. The molecule has 1 aromatic heterocycles. The van der Waals surface area contributed by atoms with Gasteiger partial charge in [0.1, 0.15) is 14.2 Å². The van der Waals surface area contributed by atoms with Gasteiger partial charge in [-0.3, -0.25) is 4.79 Å². The summed E-state index contributed by atoms with van der Waals surface area (Å²) in [5.74, 6) is -0.887. The standard InChI is InChI=1S/C12H17NO4S3/c1-20(16,17)10-4-2-3-9(6-10)19-12-13-8(7-18-12)5-11(14)15/h7,9-10H,2-6H2,1H3,(H,14,15). The number of hydrogen-bond donors (Lipinski definition) is 1. The zero-order chi connectivity index (χ0) is 14.8. The summed E-state index contributed by atoms with van der Waals surface area (Å²) >= 11 is 3.02. The number of sulfone groups is 1. The van der Waals surface area contributed by atoms with Crippen molar-refractivity contribution >= 4 is 38.9 Å². The molecule has 5 nitrogen and oxygen atoms in total. The van der Waals surface area contributed by atoms with Gasteiger partial charge in [0, 0.05) is 16.9 Å². The predicted octanol–water partition coefficient (Wildman–Crippen LogP) is 2.22. The highest BCUT2D eigenvalue weighted by Gasteiger charge is 2.29. The van der Waals surface area contributed by atoms with Crippen LogP contribution in [0.25, 0.3) is 0 Å². The number of aliphatic carboxylic acids is 1. The fourth-order valence-electron chi connectivity index (χ4n) is 2.32. The van der Waals surface area contributed by atoms with Crippen LogP contribution in [0.3, 0.4) is 0 Å². The lowest BCUT2D eigenvalue weighted by atomic mass is 10.00. The van der Waals surface area contributed by atoms with Gasteiger partial charge < -0.3 is 5.11 Å². The summed E-state index contributed by atoms with van der Waals surface area (Å²) in [4.78, 5) is 14.9. The lowest BCUT2D eigenvalue weighted by Crippen LogP contribution is -2.28. The van der Waals surface area contributed by atoms with Crippen LogP contribution in [0.1, 0.15) is 31.4 Å². The van der Waals surface area contributed by atoms with Gasteiger partial charge in [-0.25, -0.2) is 13.4 Å². The molecule has 20 heavy (non-hydrogen) atoms. The second-order valence-corrected chi connectivity index (χ2v) is 9.76. The summed E-state index contributed by atoms with van der Waals surface area (Å²) in [7, 11) is -2.97. The minimum Gasteiger partial charge on any atom is -0.481 e. The Kier molecular flexibility index (Phi) is 5.09. The van der Waals surface area contributed by atoms with Crippen molar-refractivity contribution in [3.05, 3.63) is 11.1 Å². The number of thiazole rings is 1. The quantitative estimate of drug-likeness (QED) is 0.888. The molecule has 1 aliphatic carbocycles. The highest BCUT2D eigenvalue weighted by molar-refractivity contribution is 8.01. The predicted molar refractivity (Wildman–Crippen MR) is 80.2 cm³/mol. The molecule has 112 valence electrons. The van der Waals surface area contributed by atoms with Gasteiger partial charge in [-0.2, -0.15) is 0 Å². The van der Waals surface area contributed by atoms with E-state index in [2.05, 4.69) is 4.98 Å². The summed E-state index contributed by atoms with van der Waals surface area (Å²) in [5, 5.41) is 10.5. The average Bonchev–Trinajstić information content (AvgIpc) is 2.75. The minimum absolute atomic E-state index is 0.0618. The maximum absolute atomic E-state index is 11.6. The smallest absolute Gasteiger partial charge is 0.309 e. The van der Waals surface area contributed by atoms with E-state index in [4.69, 9.17) is 5.11 Å². The van der Waals surface area contributed by atoms with Gasteiger partial charge >= 0.3 is 5.97 Å². The van der Waals surface area contributed by atoms with E-state index in [1.807, 2.05) is 0 Å². The maximum atomic E-state index is 11.6. The van der Waals surface area contributed by atoms with E-state index >= 15 is 0 Å². The van der Waals surface area contributed by atoms with Crippen molar-refractivity contribution in [2.75, 3.05) is 6.26 Å². The largest absolute Gasteiger partial charge is 0.481 e. The van der Waals surface area contributed by atoms with Crippen LogP contribution in [-0.4, -0.2) is 41.2 Å². The van der Waals surface area contributed by atoms with Crippen LogP contribution in [0, 0.1) is 0 Å². The van der Waals surface area contributed by atoms with Crippen LogP contribution >= 0.6 is 23.1 Å². The Morgan fingerprint density at radius 2 is 2.30 bits per heavy atom. The molecule has 8 heteroatoms. The fourth-order valence-corrected chi connectivity index (χ4v) is 6.00. The number of rotatable bonds is 5. The highest BCUT2D eigenvalue weighted by Crippen LogP contribution is 2.37. The molecule has 0 aliphatic heterocycles. The Morgan fingerprint density at radius 1 is 1.55 bits per heavy atom. The molecule has 1 N–H and O–H groups in total. The third-order valence-corrected chi connectivity index (χ3v) is 7.27. The van der Waals surface area contributed by atoms with E-state index in [1.54, 1.807) is 17.1 Å². The number of thioether (sulfide) groups is 1. The van der Waals surface area contributed by atoms with E-state index in [0.29, 0.717) is 12.1 Å². The average molecular weight is 335 g/mol. The molecule has 0 bridgehead atoms. The van der Waals surface area contributed by atoms with Gasteiger partial charge in [-0.15, -0.1) is 11.3 Å². The van der Waals surface area contributed by atoms with E-state index in [0.717, 1.165) is 23.6 Å². The Morgan fingerprint density at radius 3 is 2.95 bits per heavy atom. The van der Waals surface area contributed by atoms with E-state index in [9.17, 15) is 13.2 Å². The molecule has 2 rings (SSSR count). The number of hydrogen-bond acceptors (Lipinski definition) is 6. The Balaban J connectivity index is 1.96. The number of carbonyl (C=O) groups is 1. The van der Waals surface area contributed by atoms with Crippen molar-refractivity contribution in [3.8, 4) is 0 Å². The first-order valence-electron chi connectivity index (χ1n) is 6.36. The first-order valence-corrected chi connectivity index (χ1v) is 10.1. The molecule has 1 saturated carbocycles. The van der Waals surface area contributed by atoms with Gasteiger partial charge in [0.2, 0.25) is 0 Å². The molecule has 0 aromatic carbocycles. The molecule has 2 atom stereocenters. The molecule has 1 fully saturated rings. The summed E-state index contributed by atoms with van der Waals surface area (Å²) in [6, 6.07) is 0. The van der Waals surface area contributed by atoms with Crippen LogP contribution in [0.4, 0.5) is 0 Å². The van der Waals surface area contributed by atoms with Gasteiger partial charge in [0.25, 0.3) is 0 Å². The van der Waals surface area contributed by atoms with Crippen LogP contribution in [0.15, 0.2) is 9.72 Å². The molecule has 0 spiro atoms.